The van der Waals surface area contributed by atoms with Crippen LogP contribution < -0.4 is 5.73 Å². The van der Waals surface area contributed by atoms with Crippen LogP contribution in [0.1, 0.15) is 40.5 Å². The van der Waals surface area contributed by atoms with Gasteiger partial charge in [0, 0.05) is 13.1 Å². The van der Waals surface area contributed by atoms with Crippen LogP contribution in [-0.2, 0) is 4.79 Å². The smallest absolute Gasteiger partial charge is 0.232 e. The topological polar surface area (TPSA) is 46.3 Å². The van der Waals surface area contributed by atoms with Crippen molar-refractivity contribution in [1.82, 2.24) is 4.90 Å². The SMILES string of the molecule is CCCC(C)N(C)C(=O)C(C(N)=S)C(C)C. The molecule has 0 bridgehead atoms. The third kappa shape index (κ3) is 4.08. The standard InChI is InChI=1S/C12H24N2OS/c1-6-7-9(4)14(5)12(15)10(8(2)3)11(13)16/h8-10H,6-7H2,1-5H3,(H2,13,16). The van der Waals surface area contributed by atoms with Crippen LogP contribution in [0.3, 0.4) is 0 Å². The number of rotatable bonds is 6. The fraction of sp³-hybridized carbons (Fsp3) is 0.833. The van der Waals surface area contributed by atoms with Gasteiger partial charge in [0.2, 0.25) is 5.91 Å². The largest absolute Gasteiger partial charge is 0.393 e. The van der Waals surface area contributed by atoms with Gasteiger partial charge in [-0.3, -0.25) is 4.79 Å². The summed E-state index contributed by atoms with van der Waals surface area (Å²) in [4.78, 5) is 14.3. The van der Waals surface area contributed by atoms with Gasteiger partial charge in [-0.25, -0.2) is 0 Å². The maximum Gasteiger partial charge on any atom is 0.232 e. The fourth-order valence-corrected chi connectivity index (χ4v) is 2.16. The van der Waals surface area contributed by atoms with Gasteiger partial charge in [0.05, 0.1) is 10.9 Å². The van der Waals surface area contributed by atoms with E-state index in [4.69, 9.17) is 18.0 Å². The van der Waals surface area contributed by atoms with Gasteiger partial charge in [-0.1, -0.05) is 39.4 Å². The Labute approximate surface area is 104 Å². The molecule has 0 saturated carbocycles. The molecule has 4 heteroatoms. The van der Waals surface area contributed by atoms with E-state index in [1.54, 1.807) is 4.90 Å². The van der Waals surface area contributed by atoms with Crippen molar-refractivity contribution in [3.8, 4) is 0 Å². The number of carbonyl (C=O) groups is 1. The highest BCUT2D eigenvalue weighted by molar-refractivity contribution is 7.80. The van der Waals surface area contributed by atoms with E-state index in [9.17, 15) is 4.79 Å². The summed E-state index contributed by atoms with van der Waals surface area (Å²) in [5.41, 5.74) is 5.63. The molecule has 2 N–H and O–H groups in total. The van der Waals surface area contributed by atoms with E-state index >= 15 is 0 Å². The highest BCUT2D eigenvalue weighted by Crippen LogP contribution is 2.17. The Balaban J connectivity index is 4.68. The number of hydrogen-bond acceptors (Lipinski definition) is 2. The molecule has 0 aromatic rings. The van der Waals surface area contributed by atoms with Crippen molar-refractivity contribution in [3.63, 3.8) is 0 Å². The average molecular weight is 244 g/mol. The highest BCUT2D eigenvalue weighted by atomic mass is 32.1. The van der Waals surface area contributed by atoms with Crippen molar-refractivity contribution < 1.29 is 4.79 Å². The molecule has 2 atom stereocenters. The Bertz CT molecular complexity index is 253. The summed E-state index contributed by atoms with van der Waals surface area (Å²) in [7, 11) is 1.83. The Morgan fingerprint density at radius 3 is 2.19 bits per heavy atom. The molecule has 0 rings (SSSR count). The Kier molecular flexibility index (Phi) is 6.56. The first-order chi connectivity index (χ1) is 7.32. The van der Waals surface area contributed by atoms with E-state index in [1.165, 1.54) is 0 Å². The van der Waals surface area contributed by atoms with Crippen LogP contribution in [-0.4, -0.2) is 28.9 Å². The van der Waals surface area contributed by atoms with Gasteiger partial charge < -0.3 is 10.6 Å². The lowest BCUT2D eigenvalue weighted by Gasteiger charge is -2.30. The average Bonchev–Trinajstić information content (AvgIpc) is 2.15. The zero-order chi connectivity index (χ0) is 12.9. The molecule has 3 nitrogen and oxygen atoms in total. The lowest BCUT2D eigenvalue weighted by Crippen LogP contribution is -2.45. The zero-order valence-electron chi connectivity index (χ0n) is 11.0. The van der Waals surface area contributed by atoms with Crippen molar-refractivity contribution in [2.75, 3.05) is 7.05 Å². The predicted molar refractivity (Wildman–Crippen MR) is 72.3 cm³/mol. The molecular weight excluding hydrogens is 220 g/mol. The molecule has 0 heterocycles. The third-order valence-electron chi connectivity index (χ3n) is 2.95. The summed E-state index contributed by atoms with van der Waals surface area (Å²) in [6, 6.07) is 0.244. The molecule has 0 aliphatic carbocycles. The van der Waals surface area contributed by atoms with E-state index in [1.807, 2.05) is 20.9 Å². The molecule has 0 fully saturated rings. The zero-order valence-corrected chi connectivity index (χ0v) is 11.8. The number of amides is 1. The molecule has 1 amide bonds. The number of carbonyl (C=O) groups excluding carboxylic acids is 1. The Hall–Kier alpha value is -0.640. The molecule has 2 unspecified atom stereocenters. The summed E-state index contributed by atoms with van der Waals surface area (Å²) in [6.07, 6.45) is 2.07. The van der Waals surface area contributed by atoms with Gasteiger partial charge in [0.25, 0.3) is 0 Å². The second-order valence-corrected chi connectivity index (χ2v) is 5.18. The third-order valence-corrected chi connectivity index (χ3v) is 3.21. The van der Waals surface area contributed by atoms with Crippen LogP contribution in [0.2, 0.25) is 0 Å². The van der Waals surface area contributed by atoms with Crippen molar-refractivity contribution in [2.45, 2.75) is 46.6 Å². The molecule has 0 aliphatic heterocycles. The van der Waals surface area contributed by atoms with Gasteiger partial charge in [-0.05, 0) is 19.3 Å². The maximum atomic E-state index is 12.2. The normalized spacial score (nSPS) is 14.6. The summed E-state index contributed by atoms with van der Waals surface area (Å²) >= 11 is 4.97. The van der Waals surface area contributed by atoms with Crippen LogP contribution in [0.15, 0.2) is 0 Å². The quantitative estimate of drug-likeness (QED) is 0.729. The summed E-state index contributed by atoms with van der Waals surface area (Å²) in [5, 5.41) is 0. The predicted octanol–water partition coefficient (Wildman–Crippen LogP) is 2.19. The molecule has 0 aromatic carbocycles. The molecule has 16 heavy (non-hydrogen) atoms. The molecule has 94 valence electrons. The minimum absolute atomic E-state index is 0.0449. The van der Waals surface area contributed by atoms with Crippen LogP contribution in [0.25, 0.3) is 0 Å². The first-order valence-electron chi connectivity index (χ1n) is 5.88. The molecular formula is C12H24N2OS. The van der Waals surface area contributed by atoms with Crippen LogP contribution >= 0.6 is 12.2 Å². The van der Waals surface area contributed by atoms with E-state index in [0.29, 0.717) is 4.99 Å². The van der Waals surface area contributed by atoms with E-state index < -0.39 is 0 Å². The summed E-state index contributed by atoms with van der Waals surface area (Å²) in [6.45, 7) is 8.11. The molecule has 0 aliphatic rings. The Morgan fingerprint density at radius 2 is 1.88 bits per heavy atom. The van der Waals surface area contributed by atoms with Crippen LogP contribution in [0.5, 0.6) is 0 Å². The van der Waals surface area contributed by atoms with Crippen LogP contribution in [0.4, 0.5) is 0 Å². The van der Waals surface area contributed by atoms with E-state index in [0.717, 1.165) is 12.8 Å². The lowest BCUT2D eigenvalue weighted by atomic mass is 9.93. The number of nitrogens with zero attached hydrogens (tertiary/aromatic N) is 1. The maximum absolute atomic E-state index is 12.2. The van der Waals surface area contributed by atoms with Gasteiger partial charge in [0.15, 0.2) is 0 Å². The second-order valence-electron chi connectivity index (χ2n) is 4.71. The molecule has 0 aromatic heterocycles. The number of hydrogen-bond donors (Lipinski definition) is 1. The van der Waals surface area contributed by atoms with Gasteiger partial charge in [-0.2, -0.15) is 0 Å². The fourth-order valence-electron chi connectivity index (χ4n) is 1.78. The van der Waals surface area contributed by atoms with Gasteiger partial charge >= 0.3 is 0 Å². The monoisotopic (exact) mass is 244 g/mol. The molecule has 0 saturated heterocycles. The molecule has 0 spiro atoms. The van der Waals surface area contributed by atoms with Crippen molar-refractivity contribution >= 4 is 23.1 Å². The Morgan fingerprint density at radius 1 is 1.38 bits per heavy atom. The minimum Gasteiger partial charge on any atom is -0.393 e. The van der Waals surface area contributed by atoms with Crippen molar-refractivity contribution in [1.29, 1.82) is 0 Å². The first kappa shape index (κ1) is 15.4. The molecule has 0 radical (unpaired) electrons. The first-order valence-corrected chi connectivity index (χ1v) is 6.29. The minimum atomic E-state index is -0.334. The van der Waals surface area contributed by atoms with Crippen molar-refractivity contribution in [2.24, 2.45) is 17.6 Å². The van der Waals surface area contributed by atoms with Crippen molar-refractivity contribution in [3.05, 3.63) is 0 Å². The van der Waals surface area contributed by atoms with Crippen LogP contribution in [0, 0.1) is 11.8 Å². The number of nitrogens with two attached hydrogens (primary N) is 1. The number of thiocarbonyl (C=S) groups is 1. The van der Waals surface area contributed by atoms with E-state index in [-0.39, 0.29) is 23.8 Å². The summed E-state index contributed by atoms with van der Waals surface area (Å²) < 4.78 is 0. The van der Waals surface area contributed by atoms with Gasteiger partial charge in [-0.15, -0.1) is 0 Å². The highest BCUT2D eigenvalue weighted by Gasteiger charge is 2.29. The lowest BCUT2D eigenvalue weighted by molar-refractivity contribution is -0.135. The summed E-state index contributed by atoms with van der Waals surface area (Å²) in [5.74, 6) is -0.135. The van der Waals surface area contributed by atoms with E-state index in [2.05, 4.69) is 13.8 Å². The second kappa shape index (κ2) is 6.84. The van der Waals surface area contributed by atoms with Gasteiger partial charge in [0.1, 0.15) is 0 Å².